The number of benzene rings is 1. The smallest absolute Gasteiger partial charge is 0.274 e. The van der Waals surface area contributed by atoms with E-state index in [1.165, 1.54) is 17.7 Å². The molecule has 1 amide bonds. The maximum atomic E-state index is 13.0. The van der Waals surface area contributed by atoms with Crippen molar-refractivity contribution in [2.75, 3.05) is 6.54 Å². The van der Waals surface area contributed by atoms with E-state index in [0.29, 0.717) is 17.4 Å². The van der Waals surface area contributed by atoms with Crippen molar-refractivity contribution in [1.82, 2.24) is 10.2 Å². The lowest BCUT2D eigenvalue weighted by atomic mass is 10.1. The zero-order chi connectivity index (χ0) is 15.5. The molecule has 2 heterocycles. The van der Waals surface area contributed by atoms with Gasteiger partial charge in [0.15, 0.2) is 5.11 Å². The third-order valence-electron chi connectivity index (χ3n) is 3.37. The molecule has 3 nitrogen and oxygen atoms in total. The second-order valence-corrected chi connectivity index (χ2v) is 6.04. The number of thiophene rings is 1. The Labute approximate surface area is 137 Å². The summed E-state index contributed by atoms with van der Waals surface area (Å²) in [6.45, 7) is 0.626. The first kappa shape index (κ1) is 14.9. The largest absolute Gasteiger partial charge is 0.314 e. The topological polar surface area (TPSA) is 32.3 Å². The molecule has 1 saturated heterocycles. The van der Waals surface area contributed by atoms with Gasteiger partial charge in [0.25, 0.3) is 5.91 Å². The Hall–Kier alpha value is -2.05. The molecule has 0 spiro atoms. The van der Waals surface area contributed by atoms with Crippen molar-refractivity contribution in [2.45, 2.75) is 6.42 Å². The van der Waals surface area contributed by atoms with Crippen LogP contribution in [0.15, 0.2) is 46.8 Å². The first-order valence-corrected chi connectivity index (χ1v) is 8.10. The van der Waals surface area contributed by atoms with Crippen LogP contribution in [-0.4, -0.2) is 22.5 Å². The summed E-state index contributed by atoms with van der Waals surface area (Å²) in [6, 6.07) is 8.06. The Morgan fingerprint density at radius 2 is 2.05 bits per heavy atom. The van der Waals surface area contributed by atoms with E-state index in [9.17, 15) is 9.18 Å². The molecule has 0 aliphatic carbocycles. The number of carbonyl (C=O) groups excluding carboxylic acids is 1. The van der Waals surface area contributed by atoms with Crippen molar-refractivity contribution in [3.63, 3.8) is 0 Å². The van der Waals surface area contributed by atoms with Gasteiger partial charge in [0.05, 0.1) is 0 Å². The number of hydrogen-bond donors (Lipinski definition) is 1. The normalized spacial score (nSPS) is 16.4. The van der Waals surface area contributed by atoms with Crippen LogP contribution >= 0.6 is 23.6 Å². The molecule has 0 unspecified atom stereocenters. The average Bonchev–Trinajstić information content (AvgIpc) is 3.09. The van der Waals surface area contributed by atoms with Crippen molar-refractivity contribution < 1.29 is 9.18 Å². The van der Waals surface area contributed by atoms with Crippen LogP contribution in [0.4, 0.5) is 4.39 Å². The molecule has 0 radical (unpaired) electrons. The van der Waals surface area contributed by atoms with Crippen LogP contribution < -0.4 is 5.32 Å². The SMILES string of the molecule is O=C1NC(=S)N(CCc2ccsc2)/C1=C/c1ccc(F)cc1. The molecule has 0 saturated carbocycles. The minimum atomic E-state index is -0.303. The summed E-state index contributed by atoms with van der Waals surface area (Å²) in [5, 5.41) is 7.17. The van der Waals surface area contributed by atoms with Gasteiger partial charge in [-0.15, -0.1) is 0 Å². The molecule has 2 aromatic rings. The van der Waals surface area contributed by atoms with Crippen LogP contribution in [-0.2, 0) is 11.2 Å². The molecule has 1 aliphatic rings. The van der Waals surface area contributed by atoms with E-state index in [4.69, 9.17) is 12.2 Å². The zero-order valence-electron chi connectivity index (χ0n) is 11.6. The molecule has 1 N–H and O–H groups in total. The maximum Gasteiger partial charge on any atom is 0.274 e. The summed E-state index contributed by atoms with van der Waals surface area (Å²) < 4.78 is 13.0. The van der Waals surface area contributed by atoms with Gasteiger partial charge in [0.2, 0.25) is 0 Å². The summed E-state index contributed by atoms with van der Waals surface area (Å²) in [5.41, 5.74) is 2.47. The number of hydrogen-bond acceptors (Lipinski definition) is 3. The van der Waals surface area contributed by atoms with E-state index in [1.54, 1.807) is 34.4 Å². The highest BCUT2D eigenvalue weighted by Gasteiger charge is 2.29. The minimum absolute atomic E-state index is 0.223. The van der Waals surface area contributed by atoms with E-state index >= 15 is 0 Å². The number of nitrogens with zero attached hydrogens (tertiary/aromatic N) is 1. The Balaban J connectivity index is 1.81. The average molecular weight is 332 g/mol. The van der Waals surface area contributed by atoms with E-state index in [-0.39, 0.29) is 11.7 Å². The number of nitrogens with one attached hydrogen (secondary N) is 1. The monoisotopic (exact) mass is 332 g/mol. The molecule has 6 heteroatoms. The molecule has 1 fully saturated rings. The number of halogens is 1. The molecular weight excluding hydrogens is 319 g/mol. The number of rotatable bonds is 4. The molecule has 3 rings (SSSR count). The summed E-state index contributed by atoms with van der Waals surface area (Å²) in [7, 11) is 0. The lowest BCUT2D eigenvalue weighted by molar-refractivity contribution is -0.115. The second kappa shape index (κ2) is 6.37. The van der Waals surface area contributed by atoms with Gasteiger partial charge < -0.3 is 4.90 Å². The lowest BCUT2D eigenvalue weighted by Gasteiger charge is -2.17. The van der Waals surface area contributed by atoms with Crippen LogP contribution in [0.3, 0.4) is 0 Å². The van der Waals surface area contributed by atoms with Crippen LogP contribution in [0.2, 0.25) is 0 Å². The van der Waals surface area contributed by atoms with Gasteiger partial charge in [0.1, 0.15) is 11.5 Å². The summed E-state index contributed by atoms with van der Waals surface area (Å²) in [6.07, 6.45) is 2.53. The molecule has 22 heavy (non-hydrogen) atoms. The first-order valence-electron chi connectivity index (χ1n) is 6.75. The molecule has 1 aliphatic heterocycles. The van der Waals surface area contributed by atoms with E-state index in [2.05, 4.69) is 16.8 Å². The quantitative estimate of drug-likeness (QED) is 0.689. The van der Waals surface area contributed by atoms with Crippen molar-refractivity contribution in [3.05, 3.63) is 63.7 Å². The minimum Gasteiger partial charge on any atom is -0.314 e. The summed E-state index contributed by atoms with van der Waals surface area (Å²) in [4.78, 5) is 13.8. The molecule has 1 aromatic heterocycles. The molecular formula is C16H13FN2OS2. The summed E-state index contributed by atoms with van der Waals surface area (Å²) in [5.74, 6) is -0.525. The predicted octanol–water partition coefficient (Wildman–Crippen LogP) is 3.19. The fraction of sp³-hybridized carbons (Fsp3) is 0.125. The van der Waals surface area contributed by atoms with Crippen LogP contribution in [0.25, 0.3) is 6.08 Å². The Morgan fingerprint density at radius 1 is 1.27 bits per heavy atom. The third-order valence-corrected chi connectivity index (χ3v) is 4.42. The van der Waals surface area contributed by atoms with E-state index in [1.807, 2.05) is 5.38 Å². The Kier molecular flexibility index (Phi) is 4.31. The van der Waals surface area contributed by atoms with Gasteiger partial charge in [-0.25, -0.2) is 4.39 Å². The Bertz CT molecular complexity index is 723. The third kappa shape index (κ3) is 3.23. The lowest BCUT2D eigenvalue weighted by Crippen LogP contribution is -2.29. The fourth-order valence-corrected chi connectivity index (χ4v) is 3.20. The highest BCUT2D eigenvalue weighted by molar-refractivity contribution is 7.80. The van der Waals surface area contributed by atoms with Crippen LogP contribution in [0.1, 0.15) is 11.1 Å². The van der Waals surface area contributed by atoms with Gasteiger partial charge in [-0.1, -0.05) is 12.1 Å². The summed E-state index contributed by atoms with van der Waals surface area (Å²) >= 11 is 6.87. The van der Waals surface area contributed by atoms with Gasteiger partial charge in [-0.2, -0.15) is 11.3 Å². The number of carbonyl (C=O) groups is 1. The number of amides is 1. The van der Waals surface area contributed by atoms with Crippen LogP contribution in [0.5, 0.6) is 0 Å². The van der Waals surface area contributed by atoms with Gasteiger partial charge in [-0.3, -0.25) is 10.1 Å². The number of thiocarbonyl (C=S) groups is 1. The standard InChI is InChI=1S/C16H13FN2OS2/c17-13-3-1-11(2-4-13)9-14-15(20)18-16(21)19(14)7-5-12-6-8-22-10-12/h1-4,6,8-10H,5,7H2,(H,18,20,21)/b14-9+. The van der Waals surface area contributed by atoms with Crippen LogP contribution in [0, 0.1) is 5.82 Å². The van der Waals surface area contributed by atoms with Gasteiger partial charge in [-0.05, 0) is 64.8 Å². The van der Waals surface area contributed by atoms with E-state index in [0.717, 1.165) is 12.0 Å². The Morgan fingerprint density at radius 3 is 2.73 bits per heavy atom. The highest BCUT2D eigenvalue weighted by Crippen LogP contribution is 2.18. The highest BCUT2D eigenvalue weighted by atomic mass is 32.1. The van der Waals surface area contributed by atoms with Crippen molar-refractivity contribution >= 4 is 40.7 Å². The zero-order valence-corrected chi connectivity index (χ0v) is 13.2. The molecule has 1 aromatic carbocycles. The van der Waals surface area contributed by atoms with Gasteiger partial charge >= 0.3 is 0 Å². The molecule has 0 atom stereocenters. The second-order valence-electron chi connectivity index (χ2n) is 4.87. The fourth-order valence-electron chi connectivity index (χ4n) is 2.22. The van der Waals surface area contributed by atoms with Crippen molar-refractivity contribution in [2.24, 2.45) is 0 Å². The van der Waals surface area contributed by atoms with Gasteiger partial charge in [0, 0.05) is 6.54 Å². The van der Waals surface area contributed by atoms with Crippen molar-refractivity contribution in [1.29, 1.82) is 0 Å². The maximum absolute atomic E-state index is 13.0. The first-order chi connectivity index (χ1) is 10.6. The predicted molar refractivity (Wildman–Crippen MR) is 89.8 cm³/mol. The van der Waals surface area contributed by atoms with Crippen molar-refractivity contribution in [3.8, 4) is 0 Å². The van der Waals surface area contributed by atoms with E-state index < -0.39 is 0 Å². The molecule has 112 valence electrons. The molecule has 0 bridgehead atoms.